The fourth-order valence-electron chi connectivity index (χ4n) is 1.93. The number of thiazole rings is 1. The molecular formula is C13H11ClN4O2S3. The summed E-state index contributed by atoms with van der Waals surface area (Å²) in [4.78, 5) is 25.9. The molecule has 0 saturated heterocycles. The Morgan fingerprint density at radius 2 is 2.26 bits per heavy atom. The summed E-state index contributed by atoms with van der Waals surface area (Å²) in [5.74, 6) is 0. The molecule has 3 rings (SSSR count). The maximum Gasteiger partial charge on any atom is 0.246 e. The summed E-state index contributed by atoms with van der Waals surface area (Å²) < 4.78 is 1.17. The fourth-order valence-corrected chi connectivity index (χ4v) is 5.03. The number of fused-ring (bicyclic) bond motifs is 1. The number of hydrogen-bond donors (Lipinski definition) is 1. The number of alkyl halides is 1. The fraction of sp³-hybridized carbons (Fsp3) is 0.231. The number of benzene rings is 1. The Morgan fingerprint density at radius 1 is 1.48 bits per heavy atom. The summed E-state index contributed by atoms with van der Waals surface area (Å²) in [6.45, 7) is 0. The van der Waals surface area contributed by atoms with Gasteiger partial charge in [-0.2, -0.15) is 0 Å². The first-order chi connectivity index (χ1) is 11.1. The van der Waals surface area contributed by atoms with Crippen LogP contribution < -0.4 is 5.73 Å². The number of para-hydroxylation sites is 1. The number of aliphatic imine (C=N–C) groups is 1. The Bertz CT molecular complexity index is 774. The lowest BCUT2D eigenvalue weighted by molar-refractivity contribution is -0.105. The molecule has 0 amide bonds. The molecule has 0 saturated carbocycles. The van der Waals surface area contributed by atoms with Gasteiger partial charge >= 0.3 is 0 Å². The van der Waals surface area contributed by atoms with Crippen molar-refractivity contribution in [1.29, 1.82) is 0 Å². The molecule has 1 aliphatic rings. The third-order valence-corrected chi connectivity index (χ3v) is 6.21. The van der Waals surface area contributed by atoms with Crippen LogP contribution in [0.5, 0.6) is 0 Å². The maximum atomic E-state index is 12.6. The molecule has 6 nitrogen and oxygen atoms in total. The Kier molecular flexibility index (Phi) is 5.10. The molecule has 0 spiro atoms. The zero-order valence-corrected chi connectivity index (χ0v) is 15.0. The standard InChI is InChI=1S/C13H11ClN4O2S3/c1-20-18-9(8-10(14)22-12(15)17-8)11(19)23-13-16-6-4-2-3-5-7(6)21-13/h2-5,8,10H,1H3,(H2,15,17)/b18-9+. The van der Waals surface area contributed by atoms with E-state index in [0.717, 1.165) is 22.0 Å². The van der Waals surface area contributed by atoms with E-state index in [4.69, 9.17) is 22.2 Å². The molecule has 2 heterocycles. The highest BCUT2D eigenvalue weighted by Crippen LogP contribution is 2.33. The summed E-state index contributed by atoms with van der Waals surface area (Å²) >= 11 is 9.79. The quantitative estimate of drug-likeness (QED) is 0.376. The number of thioether (sulfide) groups is 2. The van der Waals surface area contributed by atoms with E-state index in [9.17, 15) is 4.79 Å². The highest BCUT2D eigenvalue weighted by molar-refractivity contribution is 8.17. The van der Waals surface area contributed by atoms with E-state index in [1.54, 1.807) is 0 Å². The lowest BCUT2D eigenvalue weighted by Gasteiger charge is -2.11. The molecule has 2 unspecified atom stereocenters. The minimum Gasteiger partial charge on any atom is -0.399 e. The second kappa shape index (κ2) is 7.08. The largest absolute Gasteiger partial charge is 0.399 e. The molecule has 23 heavy (non-hydrogen) atoms. The number of oxime groups is 1. The van der Waals surface area contributed by atoms with Crippen molar-refractivity contribution in [1.82, 2.24) is 4.98 Å². The number of nitrogens with two attached hydrogens (primary N) is 1. The lowest BCUT2D eigenvalue weighted by Crippen LogP contribution is -2.29. The first kappa shape index (κ1) is 16.6. The smallest absolute Gasteiger partial charge is 0.246 e. The molecule has 2 aromatic rings. The number of amidine groups is 1. The maximum absolute atomic E-state index is 12.6. The van der Waals surface area contributed by atoms with Crippen LogP contribution in [0.25, 0.3) is 10.2 Å². The van der Waals surface area contributed by atoms with Crippen molar-refractivity contribution in [3.8, 4) is 0 Å². The van der Waals surface area contributed by atoms with Gasteiger partial charge in [0, 0.05) is 0 Å². The summed E-state index contributed by atoms with van der Waals surface area (Å²) in [7, 11) is 1.37. The van der Waals surface area contributed by atoms with Crippen LogP contribution in [0.3, 0.4) is 0 Å². The van der Waals surface area contributed by atoms with E-state index in [2.05, 4.69) is 15.1 Å². The average Bonchev–Trinajstić information content (AvgIpc) is 3.06. The van der Waals surface area contributed by atoms with Crippen LogP contribution >= 0.6 is 46.5 Å². The van der Waals surface area contributed by atoms with Gasteiger partial charge in [0.15, 0.2) is 15.2 Å². The predicted molar refractivity (Wildman–Crippen MR) is 97.6 cm³/mol. The van der Waals surface area contributed by atoms with Gasteiger partial charge in [-0.3, -0.25) is 9.79 Å². The highest BCUT2D eigenvalue weighted by atomic mass is 35.5. The molecule has 0 aliphatic carbocycles. The number of aromatic nitrogens is 1. The van der Waals surface area contributed by atoms with E-state index < -0.39 is 10.8 Å². The van der Waals surface area contributed by atoms with Gasteiger partial charge in [0.05, 0.1) is 10.2 Å². The van der Waals surface area contributed by atoms with Crippen LogP contribution in [-0.4, -0.2) is 38.8 Å². The third-order valence-electron chi connectivity index (χ3n) is 2.88. The summed E-state index contributed by atoms with van der Waals surface area (Å²) in [5.41, 5.74) is 6.64. The van der Waals surface area contributed by atoms with Crippen molar-refractivity contribution >= 4 is 72.7 Å². The SMILES string of the molecule is CO/N=C(/C(=O)Sc1nc2ccccc2s1)C1N=C(N)SC1Cl. The first-order valence-electron chi connectivity index (χ1n) is 6.41. The molecule has 10 heteroatoms. The molecule has 1 aromatic heterocycles. The van der Waals surface area contributed by atoms with E-state index in [0.29, 0.717) is 9.51 Å². The van der Waals surface area contributed by atoms with Gasteiger partial charge < -0.3 is 10.6 Å². The van der Waals surface area contributed by atoms with E-state index in [-0.39, 0.29) is 10.8 Å². The highest BCUT2D eigenvalue weighted by Gasteiger charge is 2.36. The predicted octanol–water partition coefficient (Wildman–Crippen LogP) is 2.91. The molecule has 0 bridgehead atoms. The molecular weight excluding hydrogens is 376 g/mol. The van der Waals surface area contributed by atoms with Crippen LogP contribution in [-0.2, 0) is 9.63 Å². The van der Waals surface area contributed by atoms with Crippen molar-refractivity contribution < 1.29 is 9.63 Å². The van der Waals surface area contributed by atoms with Gasteiger partial charge in [-0.1, -0.05) is 29.1 Å². The van der Waals surface area contributed by atoms with Crippen molar-refractivity contribution in [2.45, 2.75) is 15.1 Å². The molecule has 1 aromatic carbocycles. The Morgan fingerprint density at radius 3 is 2.91 bits per heavy atom. The summed E-state index contributed by atoms with van der Waals surface area (Å²) in [6, 6.07) is 7.06. The van der Waals surface area contributed by atoms with Crippen LogP contribution in [0.1, 0.15) is 0 Å². The van der Waals surface area contributed by atoms with E-state index in [1.165, 1.54) is 30.2 Å². The zero-order chi connectivity index (χ0) is 16.4. The molecule has 0 radical (unpaired) electrons. The van der Waals surface area contributed by atoms with Crippen LogP contribution in [0.2, 0.25) is 0 Å². The number of hydrogen-bond acceptors (Lipinski definition) is 9. The summed E-state index contributed by atoms with van der Waals surface area (Å²) in [6.07, 6.45) is 0. The molecule has 120 valence electrons. The van der Waals surface area contributed by atoms with Gasteiger partial charge in [0.1, 0.15) is 17.9 Å². The number of carbonyl (C=O) groups excluding carboxylic acids is 1. The Hall–Kier alpha value is -1.29. The third kappa shape index (κ3) is 3.63. The Balaban J connectivity index is 1.83. The number of carbonyl (C=O) groups is 1. The van der Waals surface area contributed by atoms with Gasteiger partial charge in [-0.15, -0.1) is 22.9 Å². The molecule has 2 N–H and O–H groups in total. The van der Waals surface area contributed by atoms with Gasteiger partial charge in [-0.05, 0) is 23.9 Å². The van der Waals surface area contributed by atoms with E-state index in [1.807, 2.05) is 24.3 Å². The minimum atomic E-state index is -0.629. The zero-order valence-electron chi connectivity index (χ0n) is 11.8. The van der Waals surface area contributed by atoms with Gasteiger partial charge in [0.25, 0.3) is 0 Å². The topological polar surface area (TPSA) is 89.9 Å². The van der Waals surface area contributed by atoms with Crippen molar-refractivity contribution in [2.24, 2.45) is 15.9 Å². The van der Waals surface area contributed by atoms with Crippen molar-refractivity contribution in [2.75, 3.05) is 7.11 Å². The van der Waals surface area contributed by atoms with Crippen LogP contribution in [0, 0.1) is 0 Å². The minimum absolute atomic E-state index is 0.129. The summed E-state index contributed by atoms with van der Waals surface area (Å²) in [5, 5.41) is 3.83. The number of rotatable bonds is 4. The molecule has 1 aliphatic heterocycles. The van der Waals surface area contributed by atoms with E-state index >= 15 is 0 Å². The van der Waals surface area contributed by atoms with Gasteiger partial charge in [0.2, 0.25) is 5.12 Å². The average molecular weight is 387 g/mol. The lowest BCUT2D eigenvalue weighted by atomic mass is 10.2. The normalized spacial score (nSPS) is 21.5. The van der Waals surface area contributed by atoms with Crippen LogP contribution in [0.15, 0.2) is 38.8 Å². The second-order valence-corrected chi connectivity index (χ2v) is 8.52. The van der Waals surface area contributed by atoms with Crippen molar-refractivity contribution in [3.63, 3.8) is 0 Å². The molecule has 2 atom stereocenters. The molecule has 0 fully saturated rings. The van der Waals surface area contributed by atoms with Crippen LogP contribution in [0.4, 0.5) is 0 Å². The first-order valence-corrected chi connectivity index (χ1v) is 9.36. The number of nitrogens with zero attached hydrogens (tertiary/aromatic N) is 3. The number of halogens is 1. The second-order valence-electron chi connectivity index (χ2n) is 4.38. The van der Waals surface area contributed by atoms with Gasteiger partial charge in [-0.25, -0.2) is 4.98 Å². The monoisotopic (exact) mass is 386 g/mol. The Labute approximate surface area is 149 Å². The van der Waals surface area contributed by atoms with Crippen molar-refractivity contribution in [3.05, 3.63) is 24.3 Å².